The van der Waals surface area contributed by atoms with Crippen LogP contribution in [0.2, 0.25) is 0 Å². The van der Waals surface area contributed by atoms with Gasteiger partial charge in [-0.05, 0) is 31.4 Å². The summed E-state index contributed by atoms with van der Waals surface area (Å²) in [6.45, 7) is 3.81. The van der Waals surface area contributed by atoms with Crippen LogP contribution in [0, 0.1) is 0 Å². The quantitative estimate of drug-likeness (QED) is 0.207. The number of unbranched alkanes of at least 4 members (excludes halogenated alkanes) is 9. The van der Waals surface area contributed by atoms with Crippen molar-refractivity contribution in [2.24, 2.45) is 0 Å². The summed E-state index contributed by atoms with van der Waals surface area (Å²) >= 11 is 5.72. The smallest absolute Gasteiger partial charge is 0.127 e. The van der Waals surface area contributed by atoms with Crippen LogP contribution in [-0.2, 0) is 0 Å². The minimum absolute atomic E-state index is 0.775. The van der Waals surface area contributed by atoms with Crippen LogP contribution < -0.4 is 9.47 Å². The summed E-state index contributed by atoms with van der Waals surface area (Å²) < 4.78 is 12.2. The summed E-state index contributed by atoms with van der Waals surface area (Å²) in [5.74, 6) is 2.72. The van der Waals surface area contributed by atoms with E-state index in [4.69, 9.17) is 21.1 Å². The monoisotopic (exact) mass is 404 g/mol. The normalized spacial score (nSPS) is 11.1. The van der Waals surface area contributed by atoms with E-state index in [1.807, 2.05) is 0 Å². The van der Waals surface area contributed by atoms with Crippen LogP contribution in [0.3, 0.4) is 0 Å². The van der Waals surface area contributed by atoms with Crippen LogP contribution in [0.5, 0.6) is 11.5 Å². The Morgan fingerprint density at radius 3 is 1.57 bits per heavy atom. The maximum atomic E-state index is 6.10. The van der Waals surface area contributed by atoms with Gasteiger partial charge in [0.1, 0.15) is 11.5 Å². The number of hydrogen-bond acceptors (Lipinski definition) is 2. The number of hydrogen-bond donors (Lipinski definition) is 0. The molecule has 0 aliphatic rings. The maximum absolute atomic E-state index is 6.10. The summed E-state index contributed by atoms with van der Waals surface area (Å²) in [6, 6.07) is 12.5. The fourth-order valence-electron chi connectivity index (χ4n) is 3.47. The van der Waals surface area contributed by atoms with Crippen LogP contribution in [0.15, 0.2) is 36.4 Å². The number of ether oxygens (including phenoxy) is 2. The highest BCUT2D eigenvalue weighted by molar-refractivity contribution is 6.17. The summed E-state index contributed by atoms with van der Waals surface area (Å²) in [7, 11) is 0. The first kappa shape index (κ1) is 22.9. The van der Waals surface area contributed by atoms with Gasteiger partial charge in [0.15, 0.2) is 0 Å². The van der Waals surface area contributed by atoms with E-state index in [0.29, 0.717) is 0 Å². The van der Waals surface area contributed by atoms with Crippen LogP contribution in [0.4, 0.5) is 0 Å². The molecule has 0 bridgehead atoms. The third-order valence-electron chi connectivity index (χ3n) is 5.14. The average molecular weight is 405 g/mol. The summed E-state index contributed by atoms with van der Waals surface area (Å²) in [5.41, 5.74) is 0. The second kappa shape index (κ2) is 14.6. The lowest BCUT2D eigenvalue weighted by Crippen LogP contribution is -2.00. The standard InChI is InChI=1S/C25H37ClO2/c1-2-3-4-8-13-20-27-24-17-18-25(23-16-11-10-15-22(23)24)28-21-14-9-6-5-7-12-19-26/h10-11,15-18H,2-9,12-14,19-21H2,1H3. The molecule has 0 atom stereocenters. The number of rotatable bonds is 16. The topological polar surface area (TPSA) is 18.5 Å². The summed E-state index contributed by atoms with van der Waals surface area (Å²) in [4.78, 5) is 0. The molecule has 0 fully saturated rings. The molecule has 3 heteroatoms. The molecule has 28 heavy (non-hydrogen) atoms. The zero-order chi connectivity index (χ0) is 19.9. The predicted molar refractivity (Wildman–Crippen MR) is 122 cm³/mol. The Morgan fingerprint density at radius 2 is 1.07 bits per heavy atom. The number of fused-ring (bicyclic) bond motifs is 1. The number of halogens is 1. The van der Waals surface area contributed by atoms with Crippen molar-refractivity contribution in [3.05, 3.63) is 36.4 Å². The zero-order valence-corrected chi connectivity index (χ0v) is 18.3. The second-order valence-corrected chi connectivity index (χ2v) is 7.91. The van der Waals surface area contributed by atoms with Gasteiger partial charge in [-0.3, -0.25) is 0 Å². The second-order valence-electron chi connectivity index (χ2n) is 7.53. The fraction of sp³-hybridized carbons (Fsp3) is 0.600. The van der Waals surface area contributed by atoms with Gasteiger partial charge in [-0.15, -0.1) is 11.6 Å². The maximum Gasteiger partial charge on any atom is 0.127 e. The molecule has 156 valence electrons. The molecular weight excluding hydrogens is 368 g/mol. The van der Waals surface area contributed by atoms with Gasteiger partial charge >= 0.3 is 0 Å². The van der Waals surface area contributed by atoms with Crippen molar-refractivity contribution in [3.63, 3.8) is 0 Å². The van der Waals surface area contributed by atoms with Crippen molar-refractivity contribution in [1.29, 1.82) is 0 Å². The lowest BCUT2D eigenvalue weighted by atomic mass is 10.1. The largest absolute Gasteiger partial charge is 0.493 e. The SMILES string of the molecule is CCCCCCCOc1ccc(OCCCCCCCCCl)c2ccccc12. The summed E-state index contributed by atoms with van der Waals surface area (Å²) in [5, 5.41) is 2.29. The Balaban J connectivity index is 1.80. The molecule has 0 saturated heterocycles. The minimum Gasteiger partial charge on any atom is -0.493 e. The van der Waals surface area contributed by atoms with Crippen molar-refractivity contribution in [3.8, 4) is 11.5 Å². The molecule has 0 unspecified atom stereocenters. The van der Waals surface area contributed by atoms with Gasteiger partial charge in [-0.1, -0.05) is 82.6 Å². The molecule has 2 nitrogen and oxygen atoms in total. The molecule has 0 radical (unpaired) electrons. The molecule has 0 aromatic heterocycles. The van der Waals surface area contributed by atoms with Gasteiger partial charge in [-0.25, -0.2) is 0 Å². The van der Waals surface area contributed by atoms with Crippen LogP contribution >= 0.6 is 11.6 Å². The van der Waals surface area contributed by atoms with Gasteiger partial charge in [0.25, 0.3) is 0 Å². The molecule has 0 spiro atoms. The van der Waals surface area contributed by atoms with E-state index in [1.54, 1.807) is 0 Å². The van der Waals surface area contributed by atoms with E-state index < -0.39 is 0 Å². The first-order valence-electron chi connectivity index (χ1n) is 11.2. The fourth-order valence-corrected chi connectivity index (χ4v) is 3.66. The van der Waals surface area contributed by atoms with Crippen molar-refractivity contribution in [2.45, 2.75) is 77.6 Å². The van der Waals surface area contributed by atoms with Crippen molar-refractivity contribution >= 4 is 22.4 Å². The molecule has 2 aromatic carbocycles. The minimum atomic E-state index is 0.775. The average Bonchev–Trinajstić information content (AvgIpc) is 2.73. The van der Waals surface area contributed by atoms with E-state index in [1.165, 1.54) is 51.4 Å². The third kappa shape index (κ3) is 8.31. The van der Waals surface area contributed by atoms with E-state index in [0.717, 1.165) is 60.6 Å². The zero-order valence-electron chi connectivity index (χ0n) is 17.6. The molecule has 0 amide bonds. The Kier molecular flexibility index (Phi) is 11.9. The van der Waals surface area contributed by atoms with Gasteiger partial charge in [0, 0.05) is 16.7 Å². The highest BCUT2D eigenvalue weighted by Crippen LogP contribution is 2.33. The molecule has 2 aromatic rings. The number of benzene rings is 2. The lowest BCUT2D eigenvalue weighted by molar-refractivity contribution is 0.301. The van der Waals surface area contributed by atoms with Gasteiger partial charge in [0.05, 0.1) is 13.2 Å². The molecule has 0 heterocycles. The predicted octanol–water partition coefficient (Wildman–Crippen LogP) is 8.15. The Morgan fingerprint density at radius 1 is 0.607 bits per heavy atom. The van der Waals surface area contributed by atoms with Crippen molar-refractivity contribution in [1.82, 2.24) is 0 Å². The van der Waals surface area contributed by atoms with Crippen LogP contribution in [-0.4, -0.2) is 19.1 Å². The van der Waals surface area contributed by atoms with Crippen molar-refractivity contribution in [2.75, 3.05) is 19.1 Å². The van der Waals surface area contributed by atoms with E-state index in [-0.39, 0.29) is 0 Å². The van der Waals surface area contributed by atoms with Gasteiger partial charge in [0.2, 0.25) is 0 Å². The van der Waals surface area contributed by atoms with E-state index in [9.17, 15) is 0 Å². The Bertz CT molecular complexity index is 656. The van der Waals surface area contributed by atoms with Crippen LogP contribution in [0.25, 0.3) is 10.8 Å². The molecule has 0 N–H and O–H groups in total. The summed E-state index contributed by atoms with van der Waals surface area (Å²) in [6.07, 6.45) is 13.5. The molecule has 0 aliphatic carbocycles. The first-order chi connectivity index (χ1) is 13.9. The Labute approximate surface area is 176 Å². The van der Waals surface area contributed by atoms with Gasteiger partial charge in [-0.2, -0.15) is 0 Å². The Hall–Kier alpha value is -1.41. The van der Waals surface area contributed by atoms with E-state index in [2.05, 4.69) is 43.3 Å². The molecular formula is C25H37ClO2. The van der Waals surface area contributed by atoms with Crippen molar-refractivity contribution < 1.29 is 9.47 Å². The molecule has 0 saturated carbocycles. The van der Waals surface area contributed by atoms with Gasteiger partial charge < -0.3 is 9.47 Å². The highest BCUT2D eigenvalue weighted by atomic mass is 35.5. The lowest BCUT2D eigenvalue weighted by Gasteiger charge is -2.13. The van der Waals surface area contributed by atoms with E-state index >= 15 is 0 Å². The number of alkyl halides is 1. The molecule has 2 rings (SSSR count). The molecule has 0 aliphatic heterocycles. The van der Waals surface area contributed by atoms with Crippen LogP contribution in [0.1, 0.15) is 77.6 Å². The highest BCUT2D eigenvalue weighted by Gasteiger charge is 2.08. The third-order valence-corrected chi connectivity index (χ3v) is 5.40. The first-order valence-corrected chi connectivity index (χ1v) is 11.7.